The Morgan fingerprint density at radius 2 is 1.72 bits per heavy atom. The van der Waals surface area contributed by atoms with Crippen molar-refractivity contribution in [2.24, 2.45) is 11.8 Å². The standard InChI is InChI=1S/C27H33N3O6/c1-7-36-26(32)22-23(17-14-20(33-4)24(35-6)21(15-17)34-5)30-19-11-9-8-10-18(19)28-27(30)29(25(22)31)13-12-16(2)3/h8-11,14-16,22-23H,7,12-13H2,1-6H3/t22-,23+/m1/s1. The molecule has 1 aliphatic rings. The van der Waals surface area contributed by atoms with Crippen LogP contribution in [0.25, 0.3) is 11.0 Å². The average molecular weight is 496 g/mol. The third-order valence-electron chi connectivity index (χ3n) is 6.44. The highest BCUT2D eigenvalue weighted by molar-refractivity contribution is 6.08. The lowest BCUT2D eigenvalue weighted by Gasteiger charge is -2.38. The number of fused-ring (bicyclic) bond motifs is 3. The van der Waals surface area contributed by atoms with Gasteiger partial charge in [-0.2, -0.15) is 0 Å². The minimum absolute atomic E-state index is 0.161. The molecule has 3 aromatic rings. The van der Waals surface area contributed by atoms with Crippen LogP contribution in [0.15, 0.2) is 36.4 Å². The van der Waals surface area contributed by atoms with Crippen molar-refractivity contribution >= 4 is 28.9 Å². The molecule has 1 amide bonds. The summed E-state index contributed by atoms with van der Waals surface area (Å²) in [7, 11) is 4.59. The van der Waals surface area contributed by atoms with Gasteiger partial charge < -0.3 is 23.5 Å². The molecule has 36 heavy (non-hydrogen) atoms. The lowest BCUT2D eigenvalue weighted by molar-refractivity contribution is -0.153. The van der Waals surface area contributed by atoms with Gasteiger partial charge in [0, 0.05) is 6.54 Å². The smallest absolute Gasteiger partial charge is 0.321 e. The van der Waals surface area contributed by atoms with Crippen LogP contribution in [-0.4, -0.2) is 55.9 Å². The molecule has 0 N–H and O–H groups in total. The van der Waals surface area contributed by atoms with Gasteiger partial charge in [-0.1, -0.05) is 26.0 Å². The molecule has 0 radical (unpaired) electrons. The van der Waals surface area contributed by atoms with E-state index in [1.807, 2.05) is 28.8 Å². The largest absolute Gasteiger partial charge is 0.493 e. The van der Waals surface area contributed by atoms with Crippen LogP contribution in [0.1, 0.15) is 38.8 Å². The number of nitrogens with zero attached hydrogens (tertiary/aromatic N) is 3. The molecule has 0 saturated carbocycles. The van der Waals surface area contributed by atoms with E-state index in [1.54, 1.807) is 24.0 Å². The summed E-state index contributed by atoms with van der Waals surface area (Å²) in [4.78, 5) is 33.8. The maximum Gasteiger partial charge on any atom is 0.321 e. The molecule has 192 valence electrons. The van der Waals surface area contributed by atoms with E-state index in [2.05, 4.69) is 13.8 Å². The number of ether oxygens (including phenoxy) is 4. The zero-order valence-electron chi connectivity index (χ0n) is 21.6. The Balaban J connectivity index is 2.02. The molecule has 1 aliphatic heterocycles. The van der Waals surface area contributed by atoms with E-state index in [1.165, 1.54) is 21.3 Å². The molecule has 4 rings (SSSR count). The summed E-state index contributed by atoms with van der Waals surface area (Å²) < 4.78 is 24.0. The topological polar surface area (TPSA) is 92.1 Å². The molecule has 2 atom stereocenters. The molecule has 9 heteroatoms. The van der Waals surface area contributed by atoms with Crippen molar-refractivity contribution in [3.8, 4) is 17.2 Å². The number of esters is 1. The van der Waals surface area contributed by atoms with Gasteiger partial charge in [0.2, 0.25) is 17.6 Å². The van der Waals surface area contributed by atoms with E-state index in [0.717, 1.165) is 17.5 Å². The predicted molar refractivity (Wildman–Crippen MR) is 136 cm³/mol. The lowest BCUT2D eigenvalue weighted by Crippen LogP contribution is -2.50. The summed E-state index contributed by atoms with van der Waals surface area (Å²) in [5.74, 6) is 0.101. The summed E-state index contributed by atoms with van der Waals surface area (Å²) in [6.07, 6.45) is 0.763. The molecular weight excluding hydrogens is 462 g/mol. The Hall–Kier alpha value is -3.75. The molecule has 0 fully saturated rings. The Labute approximate surface area is 210 Å². The monoisotopic (exact) mass is 495 g/mol. The second kappa shape index (κ2) is 10.5. The van der Waals surface area contributed by atoms with Crippen LogP contribution in [0.3, 0.4) is 0 Å². The number of hydrogen-bond acceptors (Lipinski definition) is 7. The fourth-order valence-electron chi connectivity index (χ4n) is 4.72. The van der Waals surface area contributed by atoms with Gasteiger partial charge in [-0.3, -0.25) is 14.5 Å². The number of rotatable bonds is 9. The number of carbonyl (C=O) groups excluding carboxylic acids is 2. The third-order valence-corrected chi connectivity index (χ3v) is 6.44. The van der Waals surface area contributed by atoms with Crippen molar-refractivity contribution in [2.45, 2.75) is 33.2 Å². The maximum absolute atomic E-state index is 14.0. The van der Waals surface area contributed by atoms with Gasteiger partial charge in [-0.15, -0.1) is 0 Å². The molecule has 2 aromatic carbocycles. The molecule has 1 aromatic heterocycles. The van der Waals surface area contributed by atoms with Gasteiger partial charge in [-0.25, -0.2) is 4.98 Å². The number of methoxy groups -OCH3 is 3. The minimum Gasteiger partial charge on any atom is -0.493 e. The molecule has 9 nitrogen and oxygen atoms in total. The molecular formula is C27H33N3O6. The van der Waals surface area contributed by atoms with Crippen LogP contribution in [0.5, 0.6) is 17.2 Å². The number of imidazole rings is 1. The Kier molecular flexibility index (Phi) is 7.37. The predicted octanol–water partition coefficient (Wildman–Crippen LogP) is 4.22. The van der Waals surface area contributed by atoms with Crippen LogP contribution in [-0.2, 0) is 14.3 Å². The van der Waals surface area contributed by atoms with Gasteiger partial charge in [0.05, 0.1) is 45.0 Å². The van der Waals surface area contributed by atoms with Crippen molar-refractivity contribution in [3.05, 3.63) is 42.0 Å². The molecule has 2 heterocycles. The first-order valence-electron chi connectivity index (χ1n) is 12.1. The van der Waals surface area contributed by atoms with Gasteiger partial charge in [-0.05, 0) is 49.1 Å². The van der Waals surface area contributed by atoms with E-state index < -0.39 is 17.9 Å². The first-order chi connectivity index (χ1) is 17.4. The first-order valence-corrected chi connectivity index (χ1v) is 12.1. The highest BCUT2D eigenvalue weighted by atomic mass is 16.5. The van der Waals surface area contributed by atoms with Gasteiger partial charge in [0.15, 0.2) is 17.4 Å². The Bertz CT molecular complexity index is 1240. The van der Waals surface area contributed by atoms with E-state index >= 15 is 0 Å². The van der Waals surface area contributed by atoms with Gasteiger partial charge >= 0.3 is 5.97 Å². The van der Waals surface area contributed by atoms with E-state index in [-0.39, 0.29) is 12.5 Å². The highest BCUT2D eigenvalue weighted by Gasteiger charge is 2.48. The number of anilines is 1. The van der Waals surface area contributed by atoms with E-state index in [0.29, 0.717) is 41.2 Å². The van der Waals surface area contributed by atoms with E-state index in [9.17, 15) is 9.59 Å². The first kappa shape index (κ1) is 25.3. The summed E-state index contributed by atoms with van der Waals surface area (Å²) in [5.41, 5.74) is 2.18. The van der Waals surface area contributed by atoms with Crippen molar-refractivity contribution in [1.82, 2.24) is 9.55 Å². The number of carbonyl (C=O) groups is 2. The molecule has 0 spiro atoms. The van der Waals surface area contributed by atoms with Crippen molar-refractivity contribution in [3.63, 3.8) is 0 Å². The molecule has 0 unspecified atom stereocenters. The van der Waals surface area contributed by atoms with Crippen LogP contribution in [0, 0.1) is 11.8 Å². The SMILES string of the molecule is CCOC(=O)[C@H]1C(=O)N(CCC(C)C)c2nc3ccccc3n2[C@H]1c1cc(OC)c(OC)c(OC)c1. The summed E-state index contributed by atoms with van der Waals surface area (Å²) in [6.45, 7) is 6.53. The quantitative estimate of drug-likeness (QED) is 0.324. The van der Waals surface area contributed by atoms with E-state index in [4.69, 9.17) is 23.9 Å². The molecule has 0 aliphatic carbocycles. The minimum atomic E-state index is -1.12. The van der Waals surface area contributed by atoms with Crippen LogP contribution >= 0.6 is 0 Å². The van der Waals surface area contributed by atoms with Crippen molar-refractivity contribution in [1.29, 1.82) is 0 Å². The highest BCUT2D eigenvalue weighted by Crippen LogP contribution is 2.46. The second-order valence-corrected chi connectivity index (χ2v) is 9.08. The summed E-state index contributed by atoms with van der Waals surface area (Å²) in [6, 6.07) is 10.5. The second-order valence-electron chi connectivity index (χ2n) is 9.08. The van der Waals surface area contributed by atoms with Crippen LogP contribution in [0.4, 0.5) is 5.95 Å². The number of amides is 1. The third kappa shape index (κ3) is 4.34. The summed E-state index contributed by atoms with van der Waals surface area (Å²) in [5, 5.41) is 0. The zero-order chi connectivity index (χ0) is 26.0. The Morgan fingerprint density at radius 1 is 1.06 bits per heavy atom. The number of aromatic nitrogens is 2. The number of hydrogen-bond donors (Lipinski definition) is 0. The van der Waals surface area contributed by atoms with Crippen molar-refractivity contribution in [2.75, 3.05) is 39.4 Å². The maximum atomic E-state index is 14.0. The number of para-hydroxylation sites is 2. The Morgan fingerprint density at radius 3 is 2.31 bits per heavy atom. The average Bonchev–Trinajstić information content (AvgIpc) is 3.25. The van der Waals surface area contributed by atoms with Crippen LogP contribution < -0.4 is 19.1 Å². The zero-order valence-corrected chi connectivity index (χ0v) is 21.6. The van der Waals surface area contributed by atoms with Crippen LogP contribution in [0.2, 0.25) is 0 Å². The summed E-state index contributed by atoms with van der Waals surface area (Å²) >= 11 is 0. The van der Waals surface area contributed by atoms with Gasteiger partial charge in [0.1, 0.15) is 0 Å². The van der Waals surface area contributed by atoms with Gasteiger partial charge in [0.25, 0.3) is 0 Å². The molecule has 0 saturated heterocycles. The van der Waals surface area contributed by atoms with Crippen molar-refractivity contribution < 1.29 is 28.5 Å². The fraction of sp³-hybridized carbons (Fsp3) is 0.444. The normalized spacial score (nSPS) is 17.3. The molecule has 0 bridgehead atoms. The fourth-order valence-corrected chi connectivity index (χ4v) is 4.72. The number of benzene rings is 2. The lowest BCUT2D eigenvalue weighted by atomic mass is 9.88.